The first-order valence-electron chi connectivity index (χ1n) is 11.9. The monoisotopic (exact) mass is 410 g/mol. The Morgan fingerprint density at radius 2 is 1.80 bits per heavy atom. The summed E-state index contributed by atoms with van der Waals surface area (Å²) in [7, 11) is 1.28. The third-order valence-electron chi connectivity index (χ3n) is 7.76. The SMILES string of the molecule is CCCCCC1CCC2CC(c3ccc4cc(C(=O)OC)c(F)cc4c3)CCC2C1. The van der Waals surface area contributed by atoms with Crippen LogP contribution in [0.4, 0.5) is 4.39 Å². The molecular weight excluding hydrogens is 375 g/mol. The molecule has 0 aromatic heterocycles. The Balaban J connectivity index is 1.44. The molecule has 4 rings (SSSR count). The molecule has 0 amide bonds. The number of hydrogen-bond acceptors (Lipinski definition) is 2. The second-order valence-corrected chi connectivity index (χ2v) is 9.64. The zero-order valence-electron chi connectivity index (χ0n) is 18.5. The molecule has 2 fully saturated rings. The number of benzene rings is 2. The minimum absolute atomic E-state index is 0.00829. The van der Waals surface area contributed by atoms with Gasteiger partial charge < -0.3 is 4.74 Å². The van der Waals surface area contributed by atoms with Crippen LogP contribution in [0.3, 0.4) is 0 Å². The Kier molecular flexibility index (Phi) is 6.75. The average Bonchev–Trinajstić information content (AvgIpc) is 2.77. The van der Waals surface area contributed by atoms with E-state index in [0.717, 1.165) is 28.5 Å². The maximum absolute atomic E-state index is 14.4. The summed E-state index contributed by atoms with van der Waals surface area (Å²) in [5.74, 6) is 2.19. The van der Waals surface area contributed by atoms with Crippen molar-refractivity contribution in [3.8, 4) is 0 Å². The van der Waals surface area contributed by atoms with Gasteiger partial charge >= 0.3 is 5.97 Å². The van der Waals surface area contributed by atoms with Crippen LogP contribution in [0, 0.1) is 23.6 Å². The number of rotatable bonds is 6. The predicted molar refractivity (Wildman–Crippen MR) is 120 cm³/mol. The lowest BCUT2D eigenvalue weighted by Gasteiger charge is -2.42. The van der Waals surface area contributed by atoms with Crippen molar-refractivity contribution in [1.82, 2.24) is 0 Å². The number of fused-ring (bicyclic) bond motifs is 2. The summed E-state index contributed by atoms with van der Waals surface area (Å²) < 4.78 is 19.1. The smallest absolute Gasteiger partial charge is 0.340 e. The fraction of sp³-hybridized carbons (Fsp3) is 0.593. The quantitative estimate of drug-likeness (QED) is 0.361. The van der Waals surface area contributed by atoms with Gasteiger partial charge in [-0.15, -0.1) is 0 Å². The van der Waals surface area contributed by atoms with E-state index < -0.39 is 11.8 Å². The van der Waals surface area contributed by atoms with Gasteiger partial charge in [-0.25, -0.2) is 9.18 Å². The lowest BCUT2D eigenvalue weighted by molar-refractivity contribution is 0.0595. The van der Waals surface area contributed by atoms with Crippen molar-refractivity contribution in [1.29, 1.82) is 0 Å². The van der Waals surface area contributed by atoms with Gasteiger partial charge in [-0.1, -0.05) is 57.2 Å². The number of hydrogen-bond donors (Lipinski definition) is 0. The molecule has 2 aromatic carbocycles. The first-order chi connectivity index (χ1) is 14.6. The van der Waals surface area contributed by atoms with E-state index >= 15 is 0 Å². The standard InChI is InChI=1S/C27H35FO2/c1-3-4-5-6-18-7-8-20-14-21(10-9-19(20)13-18)22-11-12-23-16-25(27(29)30-2)26(28)17-24(23)15-22/h11-12,15-21H,3-10,13-14H2,1-2H3. The normalized spacial score (nSPS) is 26.4. The van der Waals surface area contributed by atoms with E-state index in [9.17, 15) is 9.18 Å². The van der Waals surface area contributed by atoms with Gasteiger partial charge in [0, 0.05) is 0 Å². The minimum Gasteiger partial charge on any atom is -0.465 e. The Morgan fingerprint density at radius 1 is 1.00 bits per heavy atom. The van der Waals surface area contributed by atoms with Gasteiger partial charge in [0.25, 0.3) is 0 Å². The number of unbranched alkanes of at least 4 members (excludes halogenated alkanes) is 2. The van der Waals surface area contributed by atoms with Crippen LogP contribution in [-0.2, 0) is 4.74 Å². The van der Waals surface area contributed by atoms with Gasteiger partial charge in [0.15, 0.2) is 0 Å². The molecule has 0 saturated heterocycles. The minimum atomic E-state index is -0.623. The van der Waals surface area contributed by atoms with Crippen LogP contribution in [0.1, 0.15) is 93.0 Å². The second kappa shape index (κ2) is 9.49. The van der Waals surface area contributed by atoms with Crippen LogP contribution in [0.25, 0.3) is 10.8 Å². The Bertz CT molecular complexity index is 890. The van der Waals surface area contributed by atoms with Gasteiger partial charge in [0.1, 0.15) is 5.82 Å². The maximum atomic E-state index is 14.4. The summed E-state index contributed by atoms with van der Waals surface area (Å²) in [5, 5.41) is 1.77. The van der Waals surface area contributed by atoms with Gasteiger partial charge in [0.05, 0.1) is 12.7 Å². The molecule has 2 saturated carbocycles. The second-order valence-electron chi connectivity index (χ2n) is 9.64. The Morgan fingerprint density at radius 3 is 2.60 bits per heavy atom. The molecule has 4 unspecified atom stereocenters. The summed E-state index contributed by atoms with van der Waals surface area (Å²) >= 11 is 0. The molecule has 0 heterocycles. The summed E-state index contributed by atoms with van der Waals surface area (Å²) in [5.41, 5.74) is 1.34. The van der Waals surface area contributed by atoms with Crippen molar-refractivity contribution in [3.05, 3.63) is 47.3 Å². The Hall–Kier alpha value is -1.90. The average molecular weight is 411 g/mol. The molecule has 0 aliphatic heterocycles. The Labute approximate surface area is 180 Å². The van der Waals surface area contributed by atoms with Crippen LogP contribution < -0.4 is 0 Å². The molecule has 2 nitrogen and oxygen atoms in total. The largest absolute Gasteiger partial charge is 0.465 e. The van der Waals surface area contributed by atoms with Gasteiger partial charge in [0.2, 0.25) is 0 Å². The van der Waals surface area contributed by atoms with Crippen LogP contribution in [0.2, 0.25) is 0 Å². The van der Waals surface area contributed by atoms with Gasteiger partial charge in [-0.05, 0) is 84.2 Å². The molecule has 0 radical (unpaired) electrons. The maximum Gasteiger partial charge on any atom is 0.340 e. The lowest BCUT2D eigenvalue weighted by Crippen LogP contribution is -2.30. The van der Waals surface area contributed by atoms with E-state index in [-0.39, 0.29) is 5.56 Å². The highest BCUT2D eigenvalue weighted by Gasteiger charge is 2.35. The first-order valence-corrected chi connectivity index (χ1v) is 11.9. The number of carbonyl (C=O) groups excluding carboxylic acids is 1. The molecule has 2 aliphatic rings. The first kappa shape index (κ1) is 21.3. The van der Waals surface area contributed by atoms with Crippen LogP contribution >= 0.6 is 0 Å². The van der Waals surface area contributed by atoms with Gasteiger partial charge in [-0.3, -0.25) is 0 Å². The van der Waals surface area contributed by atoms with Crippen molar-refractivity contribution in [3.63, 3.8) is 0 Å². The highest BCUT2D eigenvalue weighted by Crippen LogP contribution is 2.48. The van der Waals surface area contributed by atoms with Crippen molar-refractivity contribution < 1.29 is 13.9 Å². The van der Waals surface area contributed by atoms with Crippen LogP contribution in [0.15, 0.2) is 30.3 Å². The highest BCUT2D eigenvalue weighted by molar-refractivity contribution is 5.95. The third kappa shape index (κ3) is 4.55. The van der Waals surface area contributed by atoms with E-state index in [0.29, 0.717) is 5.92 Å². The third-order valence-corrected chi connectivity index (χ3v) is 7.76. The summed E-state index contributed by atoms with van der Waals surface area (Å²) in [6.07, 6.45) is 13.7. The molecule has 162 valence electrons. The fourth-order valence-electron chi connectivity index (χ4n) is 6.04. The van der Waals surface area contributed by atoms with Crippen molar-refractivity contribution in [2.45, 2.75) is 77.0 Å². The number of carbonyl (C=O) groups is 1. The van der Waals surface area contributed by atoms with Crippen LogP contribution in [0.5, 0.6) is 0 Å². The molecule has 2 aliphatic carbocycles. The van der Waals surface area contributed by atoms with E-state index in [4.69, 9.17) is 4.74 Å². The molecular formula is C27H35FO2. The lowest BCUT2D eigenvalue weighted by atomic mass is 9.63. The van der Waals surface area contributed by atoms with Crippen molar-refractivity contribution in [2.75, 3.05) is 7.11 Å². The van der Waals surface area contributed by atoms with E-state index in [1.54, 1.807) is 6.07 Å². The molecule has 4 atom stereocenters. The van der Waals surface area contributed by atoms with Crippen molar-refractivity contribution >= 4 is 16.7 Å². The molecule has 0 bridgehead atoms. The molecule has 0 N–H and O–H groups in total. The molecule has 0 spiro atoms. The van der Waals surface area contributed by atoms with E-state index in [2.05, 4.69) is 19.1 Å². The van der Waals surface area contributed by atoms with Crippen molar-refractivity contribution in [2.24, 2.45) is 17.8 Å². The van der Waals surface area contributed by atoms with Crippen LogP contribution in [-0.4, -0.2) is 13.1 Å². The zero-order valence-corrected chi connectivity index (χ0v) is 18.5. The molecule has 2 aromatic rings. The number of esters is 1. The summed E-state index contributed by atoms with van der Waals surface area (Å²) in [4.78, 5) is 11.8. The number of methoxy groups -OCH3 is 1. The fourth-order valence-corrected chi connectivity index (χ4v) is 6.04. The molecule has 3 heteroatoms. The highest BCUT2D eigenvalue weighted by atomic mass is 19.1. The number of ether oxygens (including phenoxy) is 1. The van der Waals surface area contributed by atoms with E-state index in [1.165, 1.54) is 82.9 Å². The summed E-state index contributed by atoms with van der Waals surface area (Å²) in [6.45, 7) is 2.29. The topological polar surface area (TPSA) is 26.3 Å². The summed E-state index contributed by atoms with van der Waals surface area (Å²) in [6, 6.07) is 9.45. The van der Waals surface area contributed by atoms with Gasteiger partial charge in [-0.2, -0.15) is 0 Å². The van der Waals surface area contributed by atoms with E-state index in [1.807, 2.05) is 6.07 Å². The number of halogens is 1. The zero-order chi connectivity index (χ0) is 21.1. The molecule has 30 heavy (non-hydrogen) atoms. The predicted octanol–water partition coefficient (Wildman–Crippen LogP) is 7.65.